The molecule has 0 saturated heterocycles. The van der Waals surface area contributed by atoms with Crippen LogP contribution in [0.2, 0.25) is 0 Å². The zero-order chi connectivity index (χ0) is 42.9. The van der Waals surface area contributed by atoms with Gasteiger partial charge in [0.1, 0.15) is 11.6 Å². The van der Waals surface area contributed by atoms with Gasteiger partial charge in [0.05, 0.1) is 5.69 Å². The van der Waals surface area contributed by atoms with Gasteiger partial charge in [0, 0.05) is 49.5 Å². The van der Waals surface area contributed by atoms with E-state index in [4.69, 9.17) is 9.97 Å². The van der Waals surface area contributed by atoms with Crippen molar-refractivity contribution >= 4 is 17.2 Å². The Balaban J connectivity index is 0.00000578. The molecule has 6 aromatic carbocycles. The summed E-state index contributed by atoms with van der Waals surface area (Å²) < 4.78 is 0. The molecule has 0 fully saturated rings. The molecule has 314 valence electrons. The maximum absolute atomic E-state index is 12.1. The van der Waals surface area contributed by atoms with E-state index in [1.54, 1.807) is 0 Å². The molecule has 0 saturated carbocycles. The van der Waals surface area contributed by atoms with Gasteiger partial charge in [-0.1, -0.05) is 182 Å². The van der Waals surface area contributed by atoms with Crippen LogP contribution in [0.15, 0.2) is 176 Å². The molecule has 62 heavy (non-hydrogen) atoms. The van der Waals surface area contributed by atoms with Crippen molar-refractivity contribution in [3.05, 3.63) is 204 Å². The Kier molecular flexibility index (Phi) is 12.6. The van der Waals surface area contributed by atoms with Crippen LogP contribution in [-0.4, -0.2) is 15.1 Å². The molecule has 8 rings (SSSR count). The summed E-state index contributed by atoms with van der Waals surface area (Å²) >= 11 is 0. The smallest absolute Gasteiger partial charge is 0.136 e. The zero-order valence-electron chi connectivity index (χ0n) is 36.8. The van der Waals surface area contributed by atoms with Gasteiger partial charge in [-0.25, -0.2) is 4.98 Å². The number of rotatable bonds is 9. The predicted molar refractivity (Wildman–Crippen MR) is 255 cm³/mol. The molecule has 0 amide bonds. The van der Waals surface area contributed by atoms with Crippen LogP contribution >= 0.6 is 0 Å². The first-order chi connectivity index (χ1) is 29.2. The van der Waals surface area contributed by atoms with E-state index in [1.807, 2.05) is 48.7 Å². The van der Waals surface area contributed by atoms with Gasteiger partial charge < -0.3 is 10.0 Å². The molecule has 2 heterocycles. The van der Waals surface area contributed by atoms with Crippen LogP contribution in [0.4, 0.5) is 17.2 Å². The number of hydrogen-bond donors (Lipinski definition) is 1. The fraction of sp³-hybridized carbons (Fsp3) is 0.193. The SMILES string of the molecule is CC(C)(C)c1cc(-c2cc(-c3ccccc3)cc(-c3[c-]c(N(c4ccccc4)c4ccccn4)cc(-c4ccc(C(C)(C)c5ccccc5)cc4)c3)n2)c(O)c(C(C)(C)C)c1.[Pt]. The summed E-state index contributed by atoms with van der Waals surface area (Å²) in [4.78, 5) is 12.4. The summed E-state index contributed by atoms with van der Waals surface area (Å²) in [5.74, 6) is 1.03. The quantitative estimate of drug-likeness (QED) is 0.146. The molecule has 0 radical (unpaired) electrons. The molecule has 0 aliphatic carbocycles. The van der Waals surface area contributed by atoms with Gasteiger partial charge in [-0.05, 0) is 92.0 Å². The molecule has 0 bridgehead atoms. The Labute approximate surface area is 382 Å². The van der Waals surface area contributed by atoms with Crippen molar-refractivity contribution in [1.82, 2.24) is 9.97 Å². The van der Waals surface area contributed by atoms with Crippen molar-refractivity contribution in [3.8, 4) is 50.5 Å². The molecular formula is C57H54N3OPt-. The van der Waals surface area contributed by atoms with Gasteiger partial charge in [0.25, 0.3) is 0 Å². The summed E-state index contributed by atoms with van der Waals surface area (Å²) in [5, 5.41) is 12.1. The third-order valence-electron chi connectivity index (χ3n) is 11.7. The third kappa shape index (κ3) is 9.22. The summed E-state index contributed by atoms with van der Waals surface area (Å²) in [6.45, 7) is 17.6. The van der Waals surface area contributed by atoms with E-state index in [9.17, 15) is 5.11 Å². The van der Waals surface area contributed by atoms with Crippen LogP contribution in [0.5, 0.6) is 5.75 Å². The summed E-state index contributed by atoms with van der Waals surface area (Å²) in [6.07, 6.45) is 1.82. The summed E-state index contributed by atoms with van der Waals surface area (Å²) in [6, 6.07) is 63.0. The number of anilines is 3. The fourth-order valence-corrected chi connectivity index (χ4v) is 7.98. The first-order valence-electron chi connectivity index (χ1n) is 21.1. The van der Waals surface area contributed by atoms with Crippen molar-refractivity contribution < 1.29 is 26.2 Å². The minimum absolute atomic E-state index is 0. The number of phenols is 1. The molecule has 5 heteroatoms. The fourth-order valence-electron chi connectivity index (χ4n) is 7.98. The van der Waals surface area contributed by atoms with Crippen molar-refractivity contribution in [1.29, 1.82) is 0 Å². The molecule has 1 N–H and O–H groups in total. The molecular weight excluding hydrogens is 938 g/mol. The van der Waals surface area contributed by atoms with Crippen molar-refractivity contribution in [2.75, 3.05) is 4.90 Å². The molecule has 0 atom stereocenters. The van der Waals surface area contributed by atoms with E-state index < -0.39 is 0 Å². The number of benzene rings is 6. The molecule has 8 aromatic rings. The second kappa shape index (κ2) is 17.7. The second-order valence-electron chi connectivity index (χ2n) is 18.5. The third-order valence-corrected chi connectivity index (χ3v) is 11.7. The number of aromatic hydroxyl groups is 1. The summed E-state index contributed by atoms with van der Waals surface area (Å²) in [7, 11) is 0. The Morgan fingerprint density at radius 3 is 1.68 bits per heavy atom. The second-order valence-corrected chi connectivity index (χ2v) is 18.5. The van der Waals surface area contributed by atoms with Crippen molar-refractivity contribution in [2.45, 2.75) is 71.6 Å². The molecule has 2 aromatic heterocycles. The van der Waals surface area contributed by atoms with Crippen LogP contribution in [0.1, 0.15) is 77.6 Å². The first-order valence-corrected chi connectivity index (χ1v) is 21.1. The Morgan fingerprint density at radius 2 is 1.06 bits per heavy atom. The van der Waals surface area contributed by atoms with Gasteiger partial charge >= 0.3 is 0 Å². The molecule has 0 aliphatic heterocycles. The Morgan fingerprint density at radius 1 is 0.500 bits per heavy atom. The Hall–Kier alpha value is -6.09. The zero-order valence-corrected chi connectivity index (χ0v) is 39.1. The average molecular weight is 992 g/mol. The van der Waals surface area contributed by atoms with E-state index in [-0.39, 0.29) is 43.1 Å². The van der Waals surface area contributed by atoms with Crippen LogP contribution < -0.4 is 4.90 Å². The molecule has 0 unspecified atom stereocenters. The summed E-state index contributed by atoms with van der Waals surface area (Å²) in [5.41, 5.74) is 12.8. The molecule has 0 aliphatic rings. The van der Waals surface area contributed by atoms with E-state index >= 15 is 0 Å². The maximum Gasteiger partial charge on any atom is 0.136 e. The average Bonchev–Trinajstić information content (AvgIpc) is 3.27. The van der Waals surface area contributed by atoms with Crippen LogP contribution in [-0.2, 0) is 37.3 Å². The first kappa shape index (κ1) is 44.0. The monoisotopic (exact) mass is 991 g/mol. The van der Waals surface area contributed by atoms with Gasteiger partial charge in [-0.2, -0.15) is 0 Å². The number of para-hydroxylation sites is 1. The van der Waals surface area contributed by atoms with Crippen LogP contribution in [0.25, 0.3) is 44.8 Å². The van der Waals surface area contributed by atoms with Crippen LogP contribution in [0, 0.1) is 6.07 Å². The number of phenolic OH excluding ortho intramolecular Hbond substituents is 1. The Bertz CT molecular complexity index is 2730. The van der Waals surface area contributed by atoms with E-state index in [0.717, 1.165) is 61.8 Å². The maximum atomic E-state index is 12.1. The van der Waals surface area contributed by atoms with Crippen molar-refractivity contribution in [2.24, 2.45) is 0 Å². The minimum atomic E-state index is -0.296. The van der Waals surface area contributed by atoms with Gasteiger partial charge in [-0.3, -0.25) is 4.98 Å². The van der Waals surface area contributed by atoms with Crippen LogP contribution in [0.3, 0.4) is 0 Å². The van der Waals surface area contributed by atoms with Crippen molar-refractivity contribution in [3.63, 3.8) is 0 Å². The molecule has 0 spiro atoms. The number of hydrogen-bond acceptors (Lipinski definition) is 4. The number of nitrogens with zero attached hydrogens (tertiary/aromatic N) is 3. The van der Waals surface area contributed by atoms with E-state index in [2.05, 4.69) is 194 Å². The standard InChI is InChI=1S/C57H54N3O.Pt/c1-55(2,3)46-37-49(54(61)50(38-46)56(4,5)6)52-36-42(39-20-12-9-13-21-39)35-51(59-52)43-32-41(40-27-29-45(30-28-40)57(7,8)44-22-14-10-15-23-44)33-48(34-43)60(47-24-16-11-17-25-47)53-26-18-19-31-58-53;/h9-33,35-38,61H,1-8H3;/q-1;. The topological polar surface area (TPSA) is 49.2 Å². The normalized spacial score (nSPS) is 11.8. The van der Waals surface area contributed by atoms with E-state index in [1.165, 1.54) is 11.1 Å². The van der Waals surface area contributed by atoms with Gasteiger partial charge in [0.15, 0.2) is 0 Å². The molecule has 4 nitrogen and oxygen atoms in total. The number of aromatic nitrogens is 2. The minimum Gasteiger partial charge on any atom is -0.507 e. The van der Waals surface area contributed by atoms with E-state index in [0.29, 0.717) is 11.3 Å². The predicted octanol–water partition coefficient (Wildman–Crippen LogP) is 15.0. The van der Waals surface area contributed by atoms with Gasteiger partial charge in [-0.15, -0.1) is 23.8 Å². The largest absolute Gasteiger partial charge is 0.507 e. The number of pyridine rings is 2. The van der Waals surface area contributed by atoms with Gasteiger partial charge in [0.2, 0.25) is 0 Å².